The van der Waals surface area contributed by atoms with Crippen LogP contribution in [0.1, 0.15) is 107 Å². The van der Waals surface area contributed by atoms with E-state index in [0.717, 1.165) is 34.5 Å². The summed E-state index contributed by atoms with van der Waals surface area (Å²) in [5.74, 6) is -0.347. The molecular formula is C52H66ClN7O8S. The minimum atomic E-state index is -0.986. The lowest BCUT2D eigenvalue weighted by atomic mass is 9.49. The first-order valence-electron chi connectivity index (χ1n) is 23.4. The van der Waals surface area contributed by atoms with E-state index in [0.29, 0.717) is 47.3 Å². The minimum Gasteiger partial charge on any atom is -0.494 e. The molecule has 1 aromatic heterocycles. The lowest BCUT2D eigenvalue weighted by molar-refractivity contribution is -0.164. The van der Waals surface area contributed by atoms with Crippen LogP contribution >= 0.6 is 22.9 Å². The van der Waals surface area contributed by atoms with Gasteiger partial charge in [0.2, 0.25) is 17.7 Å². The second-order valence-electron chi connectivity index (χ2n) is 20.2. The highest BCUT2D eigenvalue weighted by Crippen LogP contribution is 2.55. The van der Waals surface area contributed by atoms with Crippen LogP contribution in [0.4, 0.5) is 0 Å². The Morgan fingerprint density at radius 1 is 0.971 bits per heavy atom. The van der Waals surface area contributed by atoms with Crippen LogP contribution in [0.2, 0.25) is 5.02 Å². The highest BCUT2D eigenvalue weighted by Gasteiger charge is 2.64. The highest BCUT2D eigenvalue weighted by atomic mass is 35.5. The molecule has 1 saturated heterocycles. The number of nitrogens with zero attached hydrogens (tertiary/aromatic N) is 3. The quantitative estimate of drug-likeness (QED) is 0.0561. The number of aliphatic hydroxyl groups excluding tert-OH is 1. The van der Waals surface area contributed by atoms with E-state index < -0.39 is 58.2 Å². The number of hydrogen-bond donors (Lipinski definition) is 5. The van der Waals surface area contributed by atoms with Crippen molar-refractivity contribution in [2.24, 2.45) is 22.0 Å². The van der Waals surface area contributed by atoms with Crippen LogP contribution in [0.3, 0.4) is 0 Å². The molecule has 0 spiro atoms. The lowest BCUT2D eigenvalue weighted by Gasteiger charge is -2.63. The Labute approximate surface area is 414 Å². The van der Waals surface area contributed by atoms with Crippen LogP contribution in [0.15, 0.2) is 72.2 Å². The molecule has 4 aromatic rings. The number of unbranched alkanes of at least 4 members (excludes halogenated alkanes) is 2. The van der Waals surface area contributed by atoms with Gasteiger partial charge in [-0.15, -0.1) is 11.3 Å². The smallest absolute Gasteiger partial charge is 0.251 e. The van der Waals surface area contributed by atoms with E-state index in [9.17, 15) is 29.5 Å². The summed E-state index contributed by atoms with van der Waals surface area (Å²) in [4.78, 5) is 61.1. The van der Waals surface area contributed by atoms with Crippen molar-refractivity contribution in [3.8, 4) is 28.0 Å². The number of aliphatic hydroxyl groups is 1. The number of benzene rings is 3. The number of β-amino-alcohol motifs (C(OH)–C–C–N with tert-alkyl or cyclic N) is 1. The third kappa shape index (κ3) is 12.6. The standard InChI is InChI=1S/C52H66ClN7O8S/c1-31-43(69-30-56-31)33-14-12-32(13-15-33)40(27-55)57-46(64)41-24-36(61)28-60(41)47(65)44(50(2,3)4)58-42(62)29-66-22-10-9-11-23-67-37-19-16-34(17-20-37)45(63)59-48-51(5,6)49(52(48,7)8)68-38-21-18-35(26-54)39(53)25-38/h12-21,25,30,36,40-41,44,48-49,61H,9-11,22-24,27-29,55H2,1-8H3,(H,57,64)(H,58,62)(H,59,63)/t36-,40-,41+,44?,48?,49?/m1/s1. The highest BCUT2D eigenvalue weighted by molar-refractivity contribution is 7.13. The Kier molecular flexibility index (Phi) is 17.2. The average Bonchev–Trinajstić information content (AvgIpc) is 3.93. The fourth-order valence-corrected chi connectivity index (χ4v) is 10.7. The number of nitrogens with two attached hydrogens (primary N) is 1. The third-order valence-corrected chi connectivity index (χ3v) is 14.4. The molecule has 6 N–H and O–H groups in total. The Morgan fingerprint density at radius 2 is 1.64 bits per heavy atom. The molecule has 0 bridgehead atoms. The van der Waals surface area contributed by atoms with Crippen molar-refractivity contribution in [3.63, 3.8) is 0 Å². The molecule has 4 atom stereocenters. The first-order valence-corrected chi connectivity index (χ1v) is 24.7. The summed E-state index contributed by atoms with van der Waals surface area (Å²) >= 11 is 7.79. The van der Waals surface area contributed by atoms with Crippen LogP contribution < -0.4 is 31.2 Å². The number of aromatic nitrogens is 1. The van der Waals surface area contributed by atoms with Gasteiger partial charge in [0.15, 0.2) is 0 Å². The lowest BCUT2D eigenvalue weighted by Crippen LogP contribution is -2.74. The van der Waals surface area contributed by atoms with E-state index in [4.69, 9.17) is 31.5 Å². The molecule has 2 aliphatic rings. The fourth-order valence-electron chi connectivity index (χ4n) is 9.67. The number of amides is 4. The van der Waals surface area contributed by atoms with Gasteiger partial charge in [0.25, 0.3) is 5.91 Å². The number of likely N-dealkylation sites (tertiary alicyclic amines) is 1. The van der Waals surface area contributed by atoms with E-state index in [1.54, 1.807) is 59.3 Å². The Hall–Kier alpha value is -5.57. The molecule has 69 heavy (non-hydrogen) atoms. The zero-order chi connectivity index (χ0) is 50.3. The van der Waals surface area contributed by atoms with Crippen LogP contribution in [-0.4, -0.2) is 102 Å². The van der Waals surface area contributed by atoms with Gasteiger partial charge >= 0.3 is 0 Å². The van der Waals surface area contributed by atoms with E-state index in [2.05, 4.69) is 54.7 Å². The molecule has 6 rings (SSSR count). The maximum atomic E-state index is 14.1. The zero-order valence-corrected chi connectivity index (χ0v) is 42.3. The van der Waals surface area contributed by atoms with Gasteiger partial charge in [-0.25, -0.2) is 4.98 Å². The van der Waals surface area contributed by atoms with Gasteiger partial charge in [0.1, 0.15) is 42.4 Å². The summed E-state index contributed by atoms with van der Waals surface area (Å²) in [6, 6.07) is 19.2. The molecule has 1 unspecified atom stereocenters. The first kappa shape index (κ1) is 52.8. The Morgan fingerprint density at radius 3 is 2.25 bits per heavy atom. The number of thiazole rings is 1. The number of hydrogen-bond acceptors (Lipinski definition) is 12. The maximum absolute atomic E-state index is 14.1. The van der Waals surface area contributed by atoms with Crippen molar-refractivity contribution in [3.05, 3.63) is 99.6 Å². The number of nitriles is 1. The molecule has 17 heteroatoms. The van der Waals surface area contributed by atoms with E-state index >= 15 is 0 Å². The molecule has 15 nitrogen and oxygen atoms in total. The van der Waals surface area contributed by atoms with Crippen molar-refractivity contribution < 1.29 is 38.5 Å². The van der Waals surface area contributed by atoms with E-state index in [-0.39, 0.29) is 44.2 Å². The summed E-state index contributed by atoms with van der Waals surface area (Å²) in [5.41, 5.74) is 10.1. The SMILES string of the molecule is Cc1ncsc1-c1ccc([C@@H](CN)NC(=O)[C@@H]2C[C@@H](O)CN2C(=O)C(NC(=O)COCCCCCOc2ccc(C(=O)NC3C(C)(C)C(Oc4ccc(C#N)c(Cl)c4)C3(C)C)cc2)C(C)(C)C)cc1. The molecule has 370 valence electrons. The molecule has 0 radical (unpaired) electrons. The van der Waals surface area contributed by atoms with Gasteiger partial charge in [0, 0.05) is 54.6 Å². The van der Waals surface area contributed by atoms with Crippen molar-refractivity contribution in [1.82, 2.24) is 25.8 Å². The van der Waals surface area contributed by atoms with E-state index in [1.807, 2.05) is 52.0 Å². The second-order valence-corrected chi connectivity index (χ2v) is 21.5. The number of nitrogens with one attached hydrogen (secondary N) is 3. The van der Waals surface area contributed by atoms with Crippen molar-refractivity contribution in [2.45, 2.75) is 117 Å². The second kappa shape index (κ2) is 22.5. The topological polar surface area (TPSA) is 218 Å². The van der Waals surface area contributed by atoms with Gasteiger partial charge in [-0.3, -0.25) is 19.2 Å². The van der Waals surface area contributed by atoms with Gasteiger partial charge in [-0.05, 0) is 79.1 Å². The summed E-state index contributed by atoms with van der Waals surface area (Å²) in [7, 11) is 0. The Balaban J connectivity index is 0.896. The van der Waals surface area contributed by atoms with Crippen molar-refractivity contribution >= 4 is 46.6 Å². The normalized spacial score (nSPS) is 20.2. The number of carbonyl (C=O) groups excluding carboxylic acids is 4. The summed E-state index contributed by atoms with van der Waals surface area (Å²) in [6.45, 7) is 16.3. The largest absolute Gasteiger partial charge is 0.494 e. The fraction of sp³-hybridized carbons (Fsp3) is 0.500. The summed E-state index contributed by atoms with van der Waals surface area (Å²) < 4.78 is 18.0. The van der Waals surface area contributed by atoms with Crippen LogP contribution in [-0.2, 0) is 19.1 Å². The number of rotatable bonds is 20. The number of halogens is 1. The predicted molar refractivity (Wildman–Crippen MR) is 266 cm³/mol. The first-order chi connectivity index (χ1) is 32.6. The summed E-state index contributed by atoms with van der Waals surface area (Å²) in [5, 5.41) is 29.2. The van der Waals surface area contributed by atoms with Gasteiger partial charge in [0.05, 0.1) is 45.4 Å². The Bertz CT molecular complexity index is 2470. The number of ether oxygens (including phenoxy) is 3. The molecule has 4 amide bonds. The van der Waals surface area contributed by atoms with Crippen LogP contribution in [0, 0.1) is 34.5 Å². The zero-order valence-electron chi connectivity index (χ0n) is 40.8. The molecule has 3 aromatic carbocycles. The van der Waals surface area contributed by atoms with Crippen LogP contribution in [0.5, 0.6) is 11.5 Å². The molecule has 1 aliphatic carbocycles. The number of carbonyl (C=O) groups is 4. The third-order valence-electron chi connectivity index (χ3n) is 13.1. The molecule has 1 saturated carbocycles. The molecule has 1 aliphatic heterocycles. The molecule has 2 fully saturated rings. The molecular weight excluding hydrogens is 918 g/mol. The van der Waals surface area contributed by atoms with E-state index in [1.165, 1.54) is 4.90 Å². The minimum absolute atomic E-state index is 0.0474. The monoisotopic (exact) mass is 983 g/mol. The summed E-state index contributed by atoms with van der Waals surface area (Å²) in [6.07, 6.45) is 1.13. The van der Waals surface area contributed by atoms with Gasteiger partial charge in [-0.2, -0.15) is 5.26 Å². The van der Waals surface area contributed by atoms with Gasteiger partial charge < -0.3 is 45.9 Å². The van der Waals surface area contributed by atoms with Gasteiger partial charge in [-0.1, -0.05) is 84.3 Å². The van der Waals surface area contributed by atoms with Crippen molar-refractivity contribution in [1.29, 1.82) is 5.26 Å². The predicted octanol–water partition coefficient (Wildman–Crippen LogP) is 7.13. The molecule has 2 heterocycles. The van der Waals surface area contributed by atoms with Crippen LogP contribution in [0.25, 0.3) is 10.4 Å². The number of aryl methyl sites for hydroxylation is 1. The van der Waals surface area contributed by atoms with Crippen molar-refractivity contribution in [2.75, 3.05) is 32.9 Å². The maximum Gasteiger partial charge on any atom is 0.251 e. The average molecular weight is 985 g/mol.